The third-order valence-electron chi connectivity index (χ3n) is 6.89. The predicted octanol–water partition coefficient (Wildman–Crippen LogP) is 7.01. The number of aryl methyl sites for hydroxylation is 2. The molecule has 0 heterocycles. The summed E-state index contributed by atoms with van der Waals surface area (Å²) in [7, 11) is 0. The largest absolute Gasteiger partial charge is 0.507 e. The van der Waals surface area contributed by atoms with Gasteiger partial charge in [0, 0.05) is 11.1 Å². The number of anilines is 1. The summed E-state index contributed by atoms with van der Waals surface area (Å²) < 4.78 is 5.46. The Labute approximate surface area is 253 Å². The van der Waals surface area contributed by atoms with E-state index in [1.807, 2.05) is 40.0 Å². The molecule has 226 valence electrons. The van der Waals surface area contributed by atoms with E-state index in [0.29, 0.717) is 34.9 Å². The van der Waals surface area contributed by atoms with Crippen LogP contribution >= 0.6 is 23.4 Å². The first kappa shape index (κ1) is 34.3. The van der Waals surface area contributed by atoms with Crippen LogP contribution in [0.5, 0.6) is 5.75 Å². The molecule has 3 N–H and O–H groups in total. The van der Waals surface area contributed by atoms with Crippen molar-refractivity contribution in [3.05, 3.63) is 58.1 Å². The number of amides is 3. The first-order chi connectivity index (χ1) is 19.0. The maximum absolute atomic E-state index is 14.5. The summed E-state index contributed by atoms with van der Waals surface area (Å²) in [6.07, 6.45) is 1.99. The number of nitrogens with zero attached hydrogens (tertiary/aromatic N) is 1. The van der Waals surface area contributed by atoms with Gasteiger partial charge in [-0.15, -0.1) is 0 Å². The third kappa shape index (κ3) is 9.04. The van der Waals surface area contributed by atoms with E-state index in [-0.39, 0.29) is 11.3 Å². The number of carbonyl (C=O) groups excluding carboxylic acids is 3. The number of halogens is 1. The number of alkyl carbamates (subject to hydrolysis) is 1. The van der Waals surface area contributed by atoms with Gasteiger partial charge in [-0.1, -0.05) is 48.9 Å². The molecule has 0 aliphatic heterocycles. The summed E-state index contributed by atoms with van der Waals surface area (Å²) in [4.78, 5) is 43.1. The molecule has 2 unspecified atom stereocenters. The van der Waals surface area contributed by atoms with E-state index in [1.165, 1.54) is 16.7 Å². The van der Waals surface area contributed by atoms with Gasteiger partial charge in [-0.3, -0.25) is 9.59 Å². The highest BCUT2D eigenvalue weighted by atomic mass is 35.5. The molecule has 0 aromatic heterocycles. The molecule has 0 spiro atoms. The van der Waals surface area contributed by atoms with Crippen molar-refractivity contribution in [2.45, 2.75) is 91.5 Å². The fourth-order valence-electron chi connectivity index (χ4n) is 4.34. The fourth-order valence-corrected chi connectivity index (χ4v) is 5.08. The van der Waals surface area contributed by atoms with Crippen LogP contribution in [0.3, 0.4) is 0 Å². The lowest BCUT2D eigenvalue weighted by atomic mass is 9.90. The Kier molecular flexibility index (Phi) is 12.0. The highest BCUT2D eigenvalue weighted by Crippen LogP contribution is 2.38. The first-order valence-electron chi connectivity index (χ1n) is 13.7. The minimum atomic E-state index is -1.25. The topological polar surface area (TPSA) is 108 Å². The molecule has 2 atom stereocenters. The molecule has 0 saturated heterocycles. The second kappa shape index (κ2) is 14.3. The minimum Gasteiger partial charge on any atom is -0.507 e. The van der Waals surface area contributed by atoms with Gasteiger partial charge >= 0.3 is 6.09 Å². The number of thioether (sulfide) groups is 1. The van der Waals surface area contributed by atoms with E-state index in [1.54, 1.807) is 58.0 Å². The Morgan fingerprint density at radius 2 is 1.66 bits per heavy atom. The number of rotatable bonds is 11. The summed E-state index contributed by atoms with van der Waals surface area (Å²) in [5.41, 5.74) is 0.365. The van der Waals surface area contributed by atoms with Crippen LogP contribution in [0.4, 0.5) is 10.5 Å². The summed E-state index contributed by atoms with van der Waals surface area (Å²) >= 11 is 7.99. The average Bonchev–Trinajstić information content (AvgIpc) is 2.87. The molecule has 0 fully saturated rings. The van der Waals surface area contributed by atoms with Crippen molar-refractivity contribution >= 4 is 47.0 Å². The maximum Gasteiger partial charge on any atom is 0.408 e. The molecule has 0 aliphatic rings. The van der Waals surface area contributed by atoms with Crippen molar-refractivity contribution < 1.29 is 24.2 Å². The molecule has 2 aromatic rings. The zero-order chi connectivity index (χ0) is 31.1. The number of para-hydroxylation sites is 2. The van der Waals surface area contributed by atoms with Gasteiger partial charge in [-0.2, -0.15) is 11.8 Å². The third-order valence-corrected chi connectivity index (χ3v) is 7.85. The first-order valence-corrected chi connectivity index (χ1v) is 15.5. The van der Waals surface area contributed by atoms with Crippen LogP contribution < -0.4 is 10.6 Å². The number of hydrogen-bond donors (Lipinski definition) is 3. The van der Waals surface area contributed by atoms with Crippen molar-refractivity contribution in [2.24, 2.45) is 0 Å². The molecule has 0 saturated carbocycles. The highest BCUT2D eigenvalue weighted by molar-refractivity contribution is 7.98. The normalized spacial score (nSPS) is 13.2. The van der Waals surface area contributed by atoms with E-state index in [4.69, 9.17) is 16.3 Å². The molecule has 41 heavy (non-hydrogen) atoms. The number of carbonyl (C=O) groups is 3. The Morgan fingerprint density at radius 3 is 2.22 bits per heavy atom. The van der Waals surface area contributed by atoms with E-state index < -0.39 is 41.1 Å². The van der Waals surface area contributed by atoms with Gasteiger partial charge in [0.15, 0.2) is 0 Å². The van der Waals surface area contributed by atoms with Gasteiger partial charge in [0.2, 0.25) is 5.91 Å². The van der Waals surface area contributed by atoms with E-state index in [2.05, 4.69) is 10.6 Å². The molecular weight excluding hydrogens is 562 g/mol. The molecule has 2 rings (SSSR count). The molecule has 0 radical (unpaired) electrons. The minimum absolute atomic E-state index is 0.0889. The maximum atomic E-state index is 14.5. The Balaban J connectivity index is 2.73. The van der Waals surface area contributed by atoms with Crippen molar-refractivity contribution in [3.63, 3.8) is 0 Å². The lowest BCUT2D eigenvalue weighted by Gasteiger charge is -2.44. The number of phenols is 1. The van der Waals surface area contributed by atoms with Crippen molar-refractivity contribution in [1.29, 1.82) is 0 Å². The summed E-state index contributed by atoms with van der Waals surface area (Å²) in [6, 6.07) is 8.15. The van der Waals surface area contributed by atoms with E-state index in [0.717, 1.165) is 5.56 Å². The Morgan fingerprint density at radius 1 is 1.05 bits per heavy atom. The molecule has 0 bridgehead atoms. The number of nitrogens with one attached hydrogen (secondary N) is 2. The lowest BCUT2D eigenvalue weighted by Crippen LogP contribution is -2.59. The molecule has 2 aromatic carbocycles. The summed E-state index contributed by atoms with van der Waals surface area (Å²) in [5, 5.41) is 17.2. The molecular formula is C31H44ClN3O5S. The quantitative estimate of drug-likeness (QED) is 0.254. The van der Waals surface area contributed by atoms with E-state index >= 15 is 0 Å². The number of benzene rings is 2. The molecule has 8 nitrogen and oxygen atoms in total. The average molecular weight is 606 g/mol. The highest BCUT2D eigenvalue weighted by Gasteiger charge is 2.44. The zero-order valence-electron chi connectivity index (χ0n) is 25.6. The fraction of sp³-hybridized carbons (Fsp3) is 0.516. The van der Waals surface area contributed by atoms with Gasteiger partial charge in [0.1, 0.15) is 23.4 Å². The van der Waals surface area contributed by atoms with Gasteiger partial charge in [-0.05, 0) is 90.5 Å². The van der Waals surface area contributed by atoms with Crippen molar-refractivity contribution in [2.75, 3.05) is 17.3 Å². The standard InChI is InChI=1S/C31H44ClN3O5S/c1-10-31(7,8)35(28(38)23(17-18-41-9)33-29(39)40-30(4,5)6)25(21-15-11-14-20(3)26(21)36)27(37)34-24-19(2)13-12-16-22(24)32/h11-16,23,25,36H,10,17-18H2,1-9H3,(H,33,39)(H,34,37). The van der Waals surface area contributed by atoms with Gasteiger partial charge in [-0.25, -0.2) is 4.79 Å². The zero-order valence-corrected chi connectivity index (χ0v) is 27.1. The number of phenolic OH excluding ortho intramolecular Hbond substituents is 1. The van der Waals surface area contributed by atoms with Crippen LogP contribution in [0.25, 0.3) is 0 Å². The van der Waals surface area contributed by atoms with Crippen molar-refractivity contribution in [3.8, 4) is 5.75 Å². The molecule has 0 aliphatic carbocycles. The summed E-state index contributed by atoms with van der Waals surface area (Å²) in [5.74, 6) is -0.515. The van der Waals surface area contributed by atoms with Crippen LogP contribution in [0, 0.1) is 13.8 Å². The monoisotopic (exact) mass is 605 g/mol. The van der Waals surface area contributed by atoms with Crippen LogP contribution in [0.2, 0.25) is 5.02 Å². The predicted molar refractivity (Wildman–Crippen MR) is 168 cm³/mol. The smallest absolute Gasteiger partial charge is 0.408 e. The van der Waals surface area contributed by atoms with Crippen LogP contribution in [-0.2, 0) is 14.3 Å². The van der Waals surface area contributed by atoms with E-state index in [9.17, 15) is 19.5 Å². The lowest BCUT2D eigenvalue weighted by molar-refractivity contribution is -0.147. The van der Waals surface area contributed by atoms with Gasteiger partial charge < -0.3 is 25.4 Å². The van der Waals surface area contributed by atoms with Crippen LogP contribution in [0.15, 0.2) is 36.4 Å². The SMILES string of the molecule is CCC(C)(C)N(C(=O)C(CCSC)NC(=O)OC(C)(C)C)C(C(=O)Nc1c(C)cccc1Cl)c1cccc(C)c1O. The Hall–Kier alpha value is -2.91. The van der Waals surface area contributed by atoms with Gasteiger partial charge in [0.05, 0.1) is 10.7 Å². The molecule has 10 heteroatoms. The second-order valence-electron chi connectivity index (χ2n) is 11.7. The molecule has 3 amide bonds. The Bertz CT molecular complexity index is 1220. The second-order valence-corrected chi connectivity index (χ2v) is 13.1. The number of hydrogen-bond acceptors (Lipinski definition) is 6. The van der Waals surface area contributed by atoms with Gasteiger partial charge in [0.25, 0.3) is 5.91 Å². The van der Waals surface area contributed by atoms with Crippen LogP contribution in [0.1, 0.15) is 77.1 Å². The van der Waals surface area contributed by atoms with Crippen molar-refractivity contribution in [1.82, 2.24) is 10.2 Å². The summed E-state index contributed by atoms with van der Waals surface area (Å²) in [6.45, 7) is 14.4. The van der Waals surface area contributed by atoms with Crippen LogP contribution in [-0.4, -0.2) is 57.1 Å². The number of ether oxygens (including phenoxy) is 1. The number of aromatic hydroxyl groups is 1.